The van der Waals surface area contributed by atoms with Crippen molar-refractivity contribution in [3.8, 4) is 5.88 Å². The molecule has 35 heavy (non-hydrogen) atoms. The van der Waals surface area contributed by atoms with E-state index in [-0.39, 0.29) is 42.9 Å². The summed E-state index contributed by atoms with van der Waals surface area (Å²) in [5.41, 5.74) is 0.0726. The highest BCUT2D eigenvalue weighted by Gasteiger charge is 2.50. The van der Waals surface area contributed by atoms with Crippen LogP contribution < -0.4 is 15.0 Å². The molecule has 2 N–H and O–H groups in total. The summed E-state index contributed by atoms with van der Waals surface area (Å²) in [5, 5.41) is 12.0. The van der Waals surface area contributed by atoms with Crippen LogP contribution in [0.5, 0.6) is 5.88 Å². The van der Waals surface area contributed by atoms with Crippen molar-refractivity contribution < 1.29 is 27.9 Å². The summed E-state index contributed by atoms with van der Waals surface area (Å²) in [5.74, 6) is 0.604. The zero-order valence-corrected chi connectivity index (χ0v) is 20.6. The number of likely N-dealkylation sites (tertiary alicyclic amines) is 1. The highest BCUT2D eigenvalue weighted by Crippen LogP contribution is 2.53. The van der Waals surface area contributed by atoms with Gasteiger partial charge in [0, 0.05) is 38.8 Å². The number of carbonyl (C=O) groups is 2. The van der Waals surface area contributed by atoms with Gasteiger partial charge >= 0.3 is 6.09 Å². The number of ether oxygens (including phenoxy) is 1. The molecule has 1 aromatic rings. The van der Waals surface area contributed by atoms with Gasteiger partial charge in [0.2, 0.25) is 21.8 Å². The number of aromatic nitrogens is 2. The molecule has 2 atom stereocenters. The molecule has 5 rings (SSSR count). The lowest BCUT2D eigenvalue weighted by atomic mass is 9.83. The number of rotatable bonds is 7. The van der Waals surface area contributed by atoms with Crippen LogP contribution in [0.25, 0.3) is 0 Å². The Morgan fingerprint density at radius 1 is 1.23 bits per heavy atom. The van der Waals surface area contributed by atoms with Crippen molar-refractivity contribution in [2.24, 2.45) is 11.3 Å². The first-order chi connectivity index (χ1) is 16.7. The minimum atomic E-state index is -3.47. The Kier molecular flexibility index (Phi) is 6.34. The second-order valence-corrected chi connectivity index (χ2v) is 12.5. The molecule has 1 saturated carbocycles. The molecule has 4 heterocycles. The summed E-state index contributed by atoms with van der Waals surface area (Å²) in [6.07, 6.45) is 5.70. The third kappa shape index (κ3) is 4.81. The molecule has 3 aliphatic heterocycles. The fourth-order valence-corrected chi connectivity index (χ4v) is 6.84. The minimum absolute atomic E-state index is 0.0184. The molecular weight excluding hydrogens is 476 g/mol. The van der Waals surface area contributed by atoms with Gasteiger partial charge in [0.15, 0.2) is 5.82 Å². The number of carboxylic acid groups (broad SMARTS) is 1. The fourth-order valence-electron chi connectivity index (χ4n) is 5.13. The zero-order valence-electron chi connectivity index (χ0n) is 19.8. The molecule has 4 aliphatic rings. The van der Waals surface area contributed by atoms with Crippen molar-refractivity contribution in [3.05, 3.63) is 12.4 Å². The lowest BCUT2D eigenvalue weighted by molar-refractivity contribution is -0.120. The first-order valence-corrected chi connectivity index (χ1v) is 13.6. The summed E-state index contributed by atoms with van der Waals surface area (Å²) >= 11 is 0. The Bertz CT molecular complexity index is 1070. The normalized spacial score (nSPS) is 27.4. The van der Waals surface area contributed by atoms with Crippen molar-refractivity contribution in [2.45, 2.75) is 43.9 Å². The van der Waals surface area contributed by atoms with Crippen LogP contribution in [0.1, 0.15) is 32.6 Å². The number of carbonyl (C=O) groups excluding carboxylic acids is 1. The SMILES string of the molecule is CC1(C2CC(COc3cnc(N4CCN(S(=O)(=O)C5CNC5)CC4=O)cn3)CCN2C(=O)O)CC1. The van der Waals surface area contributed by atoms with E-state index in [1.54, 1.807) is 4.90 Å². The number of sulfonamides is 1. The number of nitrogens with one attached hydrogen (secondary N) is 1. The first kappa shape index (κ1) is 24.2. The number of anilines is 1. The molecule has 4 fully saturated rings. The second kappa shape index (κ2) is 9.17. The molecule has 12 nitrogen and oxygen atoms in total. The van der Waals surface area contributed by atoms with Crippen LogP contribution in [-0.4, -0.2) is 102 Å². The summed E-state index contributed by atoms with van der Waals surface area (Å²) in [7, 11) is -3.47. The Morgan fingerprint density at radius 3 is 2.57 bits per heavy atom. The van der Waals surface area contributed by atoms with E-state index in [1.165, 1.54) is 21.6 Å². The van der Waals surface area contributed by atoms with Gasteiger partial charge < -0.3 is 20.1 Å². The maximum atomic E-state index is 12.6. The Morgan fingerprint density at radius 2 is 2.00 bits per heavy atom. The standard InChI is InChI=1S/C22H32N6O6S/c1-22(3-4-22)17-8-15(2-5-27(17)21(30)31)14-34-19-12-24-18(11-25-19)28-7-6-26(13-20(28)29)35(32,33)16-9-23-10-16/h11-12,15-17,23H,2-10,13-14H2,1H3,(H,30,31). The molecule has 0 spiro atoms. The third-order valence-corrected chi connectivity index (χ3v) is 10.1. The highest BCUT2D eigenvalue weighted by molar-refractivity contribution is 7.89. The molecule has 1 aromatic heterocycles. The molecular formula is C22H32N6O6S. The van der Waals surface area contributed by atoms with E-state index in [2.05, 4.69) is 22.2 Å². The van der Waals surface area contributed by atoms with Crippen LogP contribution in [-0.2, 0) is 14.8 Å². The van der Waals surface area contributed by atoms with E-state index in [0.29, 0.717) is 37.9 Å². The third-order valence-electron chi connectivity index (χ3n) is 7.87. The van der Waals surface area contributed by atoms with E-state index in [9.17, 15) is 23.1 Å². The average Bonchev–Trinajstić information content (AvgIpc) is 3.55. The number of nitrogens with zero attached hydrogens (tertiary/aromatic N) is 5. The van der Waals surface area contributed by atoms with Crippen LogP contribution in [0.3, 0.4) is 0 Å². The van der Waals surface area contributed by atoms with Crippen LogP contribution >= 0.6 is 0 Å². The molecule has 2 amide bonds. The summed E-state index contributed by atoms with van der Waals surface area (Å²) in [6.45, 7) is 4.17. The molecule has 1 aliphatic carbocycles. The van der Waals surface area contributed by atoms with Gasteiger partial charge in [-0.15, -0.1) is 0 Å². The van der Waals surface area contributed by atoms with Gasteiger partial charge in [0.05, 0.1) is 25.5 Å². The van der Waals surface area contributed by atoms with Crippen molar-refractivity contribution in [3.63, 3.8) is 0 Å². The number of hydrogen-bond donors (Lipinski definition) is 2. The van der Waals surface area contributed by atoms with E-state index >= 15 is 0 Å². The summed E-state index contributed by atoms with van der Waals surface area (Å²) < 4.78 is 32.3. The molecule has 192 valence electrons. The van der Waals surface area contributed by atoms with Gasteiger partial charge in [-0.3, -0.25) is 9.69 Å². The van der Waals surface area contributed by atoms with Crippen molar-refractivity contribution in [1.29, 1.82) is 0 Å². The lowest BCUT2D eigenvalue weighted by Gasteiger charge is -2.41. The van der Waals surface area contributed by atoms with Gasteiger partial charge in [-0.2, -0.15) is 4.31 Å². The maximum Gasteiger partial charge on any atom is 0.407 e. The molecule has 2 unspecified atom stereocenters. The molecule has 3 saturated heterocycles. The largest absolute Gasteiger partial charge is 0.476 e. The van der Waals surface area contributed by atoms with Crippen LogP contribution in [0, 0.1) is 11.3 Å². The molecule has 0 radical (unpaired) electrons. The van der Waals surface area contributed by atoms with E-state index in [1.807, 2.05) is 0 Å². The number of amides is 2. The highest BCUT2D eigenvalue weighted by atomic mass is 32.2. The maximum absolute atomic E-state index is 12.6. The van der Waals surface area contributed by atoms with Crippen LogP contribution in [0.15, 0.2) is 12.4 Å². The number of piperazine rings is 1. The van der Waals surface area contributed by atoms with Gasteiger partial charge in [0.1, 0.15) is 5.25 Å². The Balaban J connectivity index is 1.14. The smallest absolute Gasteiger partial charge is 0.407 e. The first-order valence-electron chi connectivity index (χ1n) is 12.1. The van der Waals surface area contributed by atoms with Crippen molar-refractivity contribution >= 4 is 27.8 Å². The Hall–Kier alpha value is -2.51. The monoisotopic (exact) mass is 508 g/mol. The predicted molar refractivity (Wildman–Crippen MR) is 126 cm³/mol. The summed E-state index contributed by atoms with van der Waals surface area (Å²) in [6, 6.07) is 0.0184. The van der Waals surface area contributed by atoms with Gasteiger partial charge in [-0.1, -0.05) is 6.92 Å². The quantitative estimate of drug-likeness (QED) is 0.533. The van der Waals surface area contributed by atoms with Gasteiger partial charge in [0.25, 0.3) is 0 Å². The number of piperidine rings is 1. The zero-order chi connectivity index (χ0) is 24.8. The van der Waals surface area contributed by atoms with E-state index in [0.717, 1.165) is 25.7 Å². The van der Waals surface area contributed by atoms with E-state index in [4.69, 9.17) is 4.74 Å². The topological polar surface area (TPSA) is 145 Å². The average molecular weight is 509 g/mol. The Labute approximate surface area is 204 Å². The van der Waals surface area contributed by atoms with Gasteiger partial charge in [-0.05, 0) is 37.0 Å². The predicted octanol–water partition coefficient (Wildman–Crippen LogP) is 0.364. The van der Waals surface area contributed by atoms with Gasteiger partial charge in [-0.25, -0.2) is 23.2 Å². The van der Waals surface area contributed by atoms with E-state index < -0.39 is 21.4 Å². The molecule has 13 heteroatoms. The molecule has 0 bridgehead atoms. The second-order valence-electron chi connectivity index (χ2n) is 10.3. The minimum Gasteiger partial charge on any atom is -0.476 e. The fraction of sp³-hybridized carbons (Fsp3) is 0.727. The number of hydrogen-bond acceptors (Lipinski definition) is 8. The lowest BCUT2D eigenvalue weighted by Crippen LogP contribution is -2.60. The molecule has 0 aromatic carbocycles. The van der Waals surface area contributed by atoms with Crippen LogP contribution in [0.2, 0.25) is 0 Å². The summed E-state index contributed by atoms with van der Waals surface area (Å²) in [4.78, 5) is 35.9. The van der Waals surface area contributed by atoms with Crippen molar-refractivity contribution in [2.75, 3.05) is 50.8 Å². The van der Waals surface area contributed by atoms with Crippen molar-refractivity contribution in [1.82, 2.24) is 24.5 Å². The van der Waals surface area contributed by atoms with Crippen LogP contribution in [0.4, 0.5) is 10.6 Å².